The summed E-state index contributed by atoms with van der Waals surface area (Å²) in [5, 5.41) is 11.3. The maximum absolute atomic E-state index is 13.0. The summed E-state index contributed by atoms with van der Waals surface area (Å²) in [6.07, 6.45) is 3.16. The SMILES string of the molecule is COc1ccccc1C=C1CCc2c1oc1ccc(NC(=O)C(=O)O)cc1c2=O. The third kappa shape index (κ3) is 3.38. The van der Waals surface area contributed by atoms with Gasteiger partial charge in [-0.15, -0.1) is 0 Å². The number of aliphatic carboxylic acids is 1. The van der Waals surface area contributed by atoms with Crippen molar-refractivity contribution in [1.29, 1.82) is 0 Å². The predicted molar refractivity (Wildman–Crippen MR) is 108 cm³/mol. The van der Waals surface area contributed by atoms with Crippen LogP contribution in [0.2, 0.25) is 0 Å². The van der Waals surface area contributed by atoms with E-state index in [4.69, 9.17) is 14.3 Å². The Labute approximate surface area is 165 Å². The summed E-state index contributed by atoms with van der Waals surface area (Å²) in [4.78, 5) is 35.0. The highest BCUT2D eigenvalue weighted by Gasteiger charge is 2.24. The molecule has 0 bridgehead atoms. The lowest BCUT2D eigenvalue weighted by atomic mass is 10.1. The molecule has 0 unspecified atom stereocenters. The van der Waals surface area contributed by atoms with E-state index in [-0.39, 0.29) is 11.1 Å². The van der Waals surface area contributed by atoms with Gasteiger partial charge >= 0.3 is 11.9 Å². The second-order valence-electron chi connectivity index (χ2n) is 6.62. The molecule has 7 heteroatoms. The maximum atomic E-state index is 13.0. The van der Waals surface area contributed by atoms with Crippen LogP contribution in [-0.4, -0.2) is 24.1 Å². The van der Waals surface area contributed by atoms with E-state index in [2.05, 4.69) is 5.32 Å². The highest BCUT2D eigenvalue weighted by Crippen LogP contribution is 2.35. The fourth-order valence-corrected chi connectivity index (χ4v) is 3.47. The molecular weight excluding hydrogens is 374 g/mol. The quantitative estimate of drug-likeness (QED) is 0.664. The largest absolute Gasteiger partial charge is 0.496 e. The van der Waals surface area contributed by atoms with E-state index in [0.29, 0.717) is 35.1 Å². The van der Waals surface area contributed by atoms with Crippen LogP contribution >= 0.6 is 0 Å². The summed E-state index contributed by atoms with van der Waals surface area (Å²) in [5.41, 5.74) is 2.78. The van der Waals surface area contributed by atoms with E-state index in [1.807, 2.05) is 30.3 Å². The highest BCUT2D eigenvalue weighted by atomic mass is 16.5. The van der Waals surface area contributed by atoms with Gasteiger partial charge in [-0.1, -0.05) is 18.2 Å². The molecule has 1 aliphatic carbocycles. The van der Waals surface area contributed by atoms with Gasteiger partial charge in [0.25, 0.3) is 0 Å². The van der Waals surface area contributed by atoms with Crippen LogP contribution in [-0.2, 0) is 16.0 Å². The summed E-state index contributed by atoms with van der Waals surface area (Å²) >= 11 is 0. The molecule has 2 N–H and O–H groups in total. The maximum Gasteiger partial charge on any atom is 0.394 e. The molecule has 0 aliphatic heterocycles. The number of ether oxygens (including phenoxy) is 1. The molecule has 3 aromatic rings. The van der Waals surface area contributed by atoms with Crippen LogP contribution in [0.5, 0.6) is 5.75 Å². The van der Waals surface area contributed by atoms with Crippen molar-refractivity contribution in [2.45, 2.75) is 12.8 Å². The van der Waals surface area contributed by atoms with Crippen LogP contribution < -0.4 is 15.5 Å². The van der Waals surface area contributed by atoms with Crippen LogP contribution in [0.15, 0.2) is 51.7 Å². The molecule has 1 amide bonds. The number of para-hydroxylation sites is 1. The van der Waals surface area contributed by atoms with E-state index >= 15 is 0 Å². The number of methoxy groups -OCH3 is 1. The summed E-state index contributed by atoms with van der Waals surface area (Å²) in [7, 11) is 1.61. The van der Waals surface area contributed by atoms with Crippen molar-refractivity contribution in [2.24, 2.45) is 0 Å². The number of amides is 1. The number of anilines is 1. The van der Waals surface area contributed by atoms with E-state index in [1.54, 1.807) is 13.2 Å². The molecule has 1 heterocycles. The number of allylic oxidation sites excluding steroid dienone is 1. The zero-order valence-electron chi connectivity index (χ0n) is 15.5. The number of hydrogen-bond acceptors (Lipinski definition) is 5. The number of rotatable bonds is 3. The predicted octanol–water partition coefficient (Wildman–Crippen LogP) is 3.31. The highest BCUT2D eigenvalue weighted by molar-refractivity contribution is 6.36. The Bertz CT molecular complexity index is 1240. The van der Waals surface area contributed by atoms with Gasteiger partial charge < -0.3 is 19.6 Å². The number of fused-ring (bicyclic) bond motifs is 2. The first-order valence-corrected chi connectivity index (χ1v) is 8.96. The Morgan fingerprint density at radius 3 is 2.72 bits per heavy atom. The average Bonchev–Trinajstić information content (AvgIpc) is 3.11. The van der Waals surface area contributed by atoms with Gasteiger partial charge in [0.15, 0.2) is 5.43 Å². The smallest absolute Gasteiger partial charge is 0.394 e. The fraction of sp³-hybridized carbons (Fsp3) is 0.136. The van der Waals surface area contributed by atoms with Gasteiger partial charge in [0.1, 0.15) is 17.1 Å². The molecule has 0 saturated heterocycles. The summed E-state index contributed by atoms with van der Waals surface area (Å²) in [5.74, 6) is -1.49. The molecule has 0 atom stereocenters. The first-order chi connectivity index (χ1) is 14.0. The fourth-order valence-electron chi connectivity index (χ4n) is 3.47. The Kier molecular flexibility index (Phi) is 4.64. The summed E-state index contributed by atoms with van der Waals surface area (Å²) in [6, 6.07) is 12.1. The molecule has 0 spiro atoms. The van der Waals surface area contributed by atoms with Crippen molar-refractivity contribution in [1.82, 2.24) is 0 Å². The molecule has 4 rings (SSSR count). The third-order valence-electron chi connectivity index (χ3n) is 4.84. The Morgan fingerprint density at radius 2 is 1.97 bits per heavy atom. The monoisotopic (exact) mass is 391 g/mol. The molecule has 0 radical (unpaired) electrons. The molecule has 0 fully saturated rings. The minimum atomic E-state index is -1.60. The van der Waals surface area contributed by atoms with Crippen molar-refractivity contribution in [3.63, 3.8) is 0 Å². The van der Waals surface area contributed by atoms with Crippen LogP contribution in [0.1, 0.15) is 23.3 Å². The topological polar surface area (TPSA) is 106 Å². The molecule has 7 nitrogen and oxygen atoms in total. The minimum absolute atomic E-state index is 0.184. The number of benzene rings is 2. The summed E-state index contributed by atoms with van der Waals surface area (Å²) in [6.45, 7) is 0. The van der Waals surface area contributed by atoms with Crippen molar-refractivity contribution in [3.05, 3.63) is 69.6 Å². The zero-order valence-corrected chi connectivity index (χ0v) is 15.5. The van der Waals surface area contributed by atoms with Crippen molar-refractivity contribution in [3.8, 4) is 5.75 Å². The van der Waals surface area contributed by atoms with Gasteiger partial charge in [-0.25, -0.2) is 4.79 Å². The molecule has 29 heavy (non-hydrogen) atoms. The lowest BCUT2D eigenvalue weighted by molar-refractivity contribution is -0.147. The standard InChI is InChI=1S/C22H17NO6/c1-28-17-5-3-2-4-12(17)10-13-6-8-15-19(24)16-11-14(23-21(25)22(26)27)7-9-18(16)29-20(13)15/h2-5,7,9-11H,6,8H2,1H3,(H,23,25)(H,26,27). The van der Waals surface area contributed by atoms with Crippen molar-refractivity contribution >= 4 is 40.2 Å². The molecule has 1 aliphatic rings. The van der Waals surface area contributed by atoms with Crippen LogP contribution in [0.3, 0.4) is 0 Å². The van der Waals surface area contributed by atoms with Gasteiger partial charge in [0.05, 0.1) is 12.5 Å². The molecular formula is C22H17NO6. The Morgan fingerprint density at radius 1 is 1.17 bits per heavy atom. The molecule has 0 saturated carbocycles. The molecule has 2 aromatic carbocycles. The first kappa shape index (κ1) is 18.5. The van der Waals surface area contributed by atoms with Crippen molar-refractivity contribution in [2.75, 3.05) is 12.4 Å². The number of carbonyl (C=O) groups is 2. The number of hydrogen-bond donors (Lipinski definition) is 2. The number of nitrogens with one attached hydrogen (secondary N) is 1. The van der Waals surface area contributed by atoms with E-state index in [9.17, 15) is 14.4 Å². The zero-order chi connectivity index (χ0) is 20.5. The Hall–Kier alpha value is -3.87. The van der Waals surface area contributed by atoms with Crippen molar-refractivity contribution < 1.29 is 23.8 Å². The van der Waals surface area contributed by atoms with E-state index in [0.717, 1.165) is 16.9 Å². The minimum Gasteiger partial charge on any atom is -0.496 e. The second kappa shape index (κ2) is 7.27. The van der Waals surface area contributed by atoms with Crippen LogP contribution in [0, 0.1) is 0 Å². The first-order valence-electron chi connectivity index (χ1n) is 8.96. The number of carbonyl (C=O) groups excluding carboxylic acids is 1. The van der Waals surface area contributed by atoms with Crippen LogP contribution in [0.25, 0.3) is 22.6 Å². The third-order valence-corrected chi connectivity index (χ3v) is 4.84. The van der Waals surface area contributed by atoms with Gasteiger partial charge in [-0.05, 0) is 48.8 Å². The lowest BCUT2D eigenvalue weighted by Gasteiger charge is -2.08. The molecule has 146 valence electrons. The normalized spacial score (nSPS) is 14.0. The van der Waals surface area contributed by atoms with Gasteiger partial charge in [-0.3, -0.25) is 9.59 Å². The molecule has 1 aromatic heterocycles. The number of carboxylic acids is 1. The van der Waals surface area contributed by atoms with Crippen LogP contribution in [0.4, 0.5) is 5.69 Å². The summed E-state index contributed by atoms with van der Waals surface area (Å²) < 4.78 is 11.4. The van der Waals surface area contributed by atoms with E-state index < -0.39 is 11.9 Å². The van der Waals surface area contributed by atoms with E-state index in [1.165, 1.54) is 12.1 Å². The van der Waals surface area contributed by atoms with Gasteiger partial charge in [-0.2, -0.15) is 0 Å². The van der Waals surface area contributed by atoms with Gasteiger partial charge in [0, 0.05) is 16.8 Å². The second-order valence-corrected chi connectivity index (χ2v) is 6.62. The van der Waals surface area contributed by atoms with Gasteiger partial charge in [0.2, 0.25) is 0 Å². The number of carboxylic acid groups (broad SMARTS) is 1. The lowest BCUT2D eigenvalue weighted by Crippen LogP contribution is -2.21. The average molecular weight is 391 g/mol. The Balaban J connectivity index is 1.78.